The number of aryl methyl sites for hydroxylation is 1. The summed E-state index contributed by atoms with van der Waals surface area (Å²) in [6, 6.07) is 20.7. The summed E-state index contributed by atoms with van der Waals surface area (Å²) >= 11 is 0. The fraction of sp³-hybridized carbons (Fsp3) is 0.273. The number of likely N-dealkylation sites (tertiary alicyclic amines) is 1. The molecule has 4 aromatic heterocycles. The van der Waals surface area contributed by atoms with Gasteiger partial charge in [0.25, 0.3) is 0 Å². The third-order valence-electron chi connectivity index (χ3n) is 7.21. The molecular formula is C33H33N5O2. The number of carbonyl (C=O) groups is 1. The minimum atomic E-state index is -0.523. The molecule has 202 valence electrons. The van der Waals surface area contributed by atoms with Gasteiger partial charge in [-0.3, -0.25) is 9.97 Å². The maximum absolute atomic E-state index is 12.9. The van der Waals surface area contributed by atoms with E-state index in [1.165, 1.54) is 0 Å². The topological polar surface area (TPSA) is 84.0 Å². The van der Waals surface area contributed by atoms with E-state index in [0.29, 0.717) is 6.54 Å². The molecule has 1 fully saturated rings. The van der Waals surface area contributed by atoms with Crippen molar-refractivity contribution in [3.05, 3.63) is 90.5 Å². The molecule has 0 spiro atoms. The first-order valence-corrected chi connectivity index (χ1v) is 13.7. The van der Waals surface area contributed by atoms with Crippen LogP contribution in [0.2, 0.25) is 0 Å². The van der Waals surface area contributed by atoms with E-state index in [2.05, 4.69) is 46.4 Å². The monoisotopic (exact) mass is 531 g/mol. The summed E-state index contributed by atoms with van der Waals surface area (Å²) in [5.41, 5.74) is 8.10. The Morgan fingerprint density at radius 3 is 2.60 bits per heavy atom. The summed E-state index contributed by atoms with van der Waals surface area (Å²) in [6.07, 6.45) is 7.31. The molecule has 1 N–H and O–H groups in total. The lowest BCUT2D eigenvalue weighted by Gasteiger charge is -2.29. The lowest BCUT2D eigenvalue weighted by atomic mass is 9.96. The van der Waals surface area contributed by atoms with Crippen LogP contribution < -0.4 is 0 Å². The van der Waals surface area contributed by atoms with Gasteiger partial charge in [-0.2, -0.15) is 0 Å². The molecule has 7 heteroatoms. The second kappa shape index (κ2) is 10.2. The molecule has 1 atom stereocenters. The number of fused-ring (bicyclic) bond motifs is 1. The van der Waals surface area contributed by atoms with Crippen molar-refractivity contribution in [3.63, 3.8) is 0 Å². The summed E-state index contributed by atoms with van der Waals surface area (Å²) in [4.78, 5) is 32.2. The van der Waals surface area contributed by atoms with Crippen LogP contribution >= 0.6 is 0 Å². The molecule has 1 saturated heterocycles. The van der Waals surface area contributed by atoms with Gasteiger partial charge in [-0.1, -0.05) is 24.3 Å². The van der Waals surface area contributed by atoms with Crippen LogP contribution in [0.5, 0.6) is 0 Å². The predicted molar refractivity (Wildman–Crippen MR) is 158 cm³/mol. The van der Waals surface area contributed by atoms with Gasteiger partial charge in [0, 0.05) is 47.3 Å². The smallest absolute Gasteiger partial charge is 0.410 e. The van der Waals surface area contributed by atoms with Crippen molar-refractivity contribution in [2.45, 2.75) is 52.2 Å². The minimum Gasteiger partial charge on any atom is -0.444 e. The Labute approximate surface area is 234 Å². The van der Waals surface area contributed by atoms with Gasteiger partial charge in [-0.25, -0.2) is 9.78 Å². The summed E-state index contributed by atoms with van der Waals surface area (Å²) < 4.78 is 5.69. The number of amides is 1. The fourth-order valence-corrected chi connectivity index (χ4v) is 5.42. The summed E-state index contributed by atoms with van der Waals surface area (Å²) in [6.45, 7) is 8.40. The van der Waals surface area contributed by atoms with Crippen molar-refractivity contribution in [1.82, 2.24) is 24.8 Å². The van der Waals surface area contributed by atoms with Gasteiger partial charge in [0.05, 0.1) is 17.4 Å². The normalized spacial score (nSPS) is 15.5. The molecule has 1 amide bonds. The van der Waals surface area contributed by atoms with E-state index in [9.17, 15) is 4.79 Å². The van der Waals surface area contributed by atoms with Crippen molar-refractivity contribution in [1.29, 1.82) is 0 Å². The van der Waals surface area contributed by atoms with E-state index in [1.54, 1.807) is 0 Å². The Morgan fingerprint density at radius 1 is 0.950 bits per heavy atom. The zero-order valence-electron chi connectivity index (χ0n) is 23.3. The Morgan fingerprint density at radius 2 is 1.77 bits per heavy atom. The second-order valence-electron chi connectivity index (χ2n) is 11.4. The number of hydrogen-bond acceptors (Lipinski definition) is 5. The average molecular weight is 532 g/mol. The van der Waals surface area contributed by atoms with Crippen molar-refractivity contribution in [2.75, 3.05) is 6.54 Å². The Balaban J connectivity index is 1.36. The Bertz CT molecular complexity index is 1700. The first kappa shape index (κ1) is 25.7. The molecule has 0 bridgehead atoms. The van der Waals surface area contributed by atoms with Crippen molar-refractivity contribution in [3.8, 4) is 33.6 Å². The molecule has 1 aliphatic heterocycles. The predicted octanol–water partition coefficient (Wildman–Crippen LogP) is 7.73. The number of ether oxygens (including phenoxy) is 1. The second-order valence-corrected chi connectivity index (χ2v) is 11.4. The molecule has 7 nitrogen and oxygen atoms in total. The first-order chi connectivity index (χ1) is 19.2. The maximum atomic E-state index is 12.9. The highest BCUT2D eigenvalue weighted by Crippen LogP contribution is 2.36. The van der Waals surface area contributed by atoms with E-state index in [4.69, 9.17) is 14.7 Å². The average Bonchev–Trinajstić information content (AvgIpc) is 3.62. The van der Waals surface area contributed by atoms with Gasteiger partial charge in [-0.15, -0.1) is 0 Å². The number of nitrogens with one attached hydrogen (secondary N) is 1. The number of pyridine rings is 3. The molecule has 5 heterocycles. The number of hydrogen-bond donors (Lipinski definition) is 1. The number of H-pyrrole nitrogens is 1. The molecule has 1 aromatic carbocycles. The minimum absolute atomic E-state index is 0.00462. The largest absolute Gasteiger partial charge is 0.444 e. The van der Waals surface area contributed by atoms with Crippen molar-refractivity contribution in [2.24, 2.45) is 0 Å². The summed E-state index contributed by atoms with van der Waals surface area (Å²) in [5.74, 6) is 0. The third kappa shape index (κ3) is 5.19. The molecule has 0 aliphatic carbocycles. The molecular weight excluding hydrogens is 498 g/mol. The van der Waals surface area contributed by atoms with Crippen LogP contribution in [0.1, 0.15) is 50.9 Å². The van der Waals surface area contributed by atoms with Crippen LogP contribution in [0.4, 0.5) is 4.79 Å². The number of carbonyl (C=O) groups excluding carboxylic acids is 1. The molecule has 0 radical (unpaired) electrons. The van der Waals surface area contributed by atoms with Crippen molar-refractivity contribution >= 4 is 17.1 Å². The quantitative estimate of drug-likeness (QED) is 0.256. The van der Waals surface area contributed by atoms with Crippen LogP contribution in [-0.4, -0.2) is 43.1 Å². The number of rotatable bonds is 4. The number of aromatic nitrogens is 4. The maximum Gasteiger partial charge on any atom is 0.410 e. The molecule has 0 saturated carbocycles. The molecule has 6 rings (SSSR count). The van der Waals surface area contributed by atoms with E-state index >= 15 is 0 Å². The van der Waals surface area contributed by atoms with Crippen LogP contribution in [0.15, 0.2) is 79.3 Å². The fourth-order valence-electron chi connectivity index (χ4n) is 5.42. The molecule has 40 heavy (non-hydrogen) atoms. The van der Waals surface area contributed by atoms with Gasteiger partial charge >= 0.3 is 6.09 Å². The number of aromatic amines is 1. The Hall–Kier alpha value is -4.52. The van der Waals surface area contributed by atoms with E-state index in [-0.39, 0.29) is 12.1 Å². The van der Waals surface area contributed by atoms with Gasteiger partial charge in [0.15, 0.2) is 0 Å². The third-order valence-corrected chi connectivity index (χ3v) is 7.21. The lowest BCUT2D eigenvalue weighted by molar-refractivity contribution is 0.0224. The molecule has 1 unspecified atom stereocenters. The number of nitrogens with zero attached hydrogens (tertiary/aromatic N) is 4. The number of benzene rings is 1. The van der Waals surface area contributed by atoms with Gasteiger partial charge in [0.2, 0.25) is 0 Å². The summed E-state index contributed by atoms with van der Waals surface area (Å²) in [7, 11) is 0. The van der Waals surface area contributed by atoms with Crippen LogP contribution in [0.25, 0.3) is 44.7 Å². The highest BCUT2D eigenvalue weighted by Gasteiger charge is 2.33. The van der Waals surface area contributed by atoms with Crippen LogP contribution in [0.3, 0.4) is 0 Å². The Kier molecular flexibility index (Phi) is 6.58. The van der Waals surface area contributed by atoms with Gasteiger partial charge in [0.1, 0.15) is 11.2 Å². The SMILES string of the molecule is Cc1cccc(-c2cc(-c3cncc(-c4cccc(C5CCCN5C(=O)OC(C)(C)C)c4)c3)c3cc[nH]c3n2)n1. The standard InChI is InChI=1S/C33H33N5O2/c1-21-8-5-11-28(36-21)29-18-27(26-13-14-35-31(26)37-29)25-17-24(19-34-20-25)22-9-6-10-23(16-22)30-12-7-15-38(30)32(39)40-33(2,3)4/h5-6,8-11,13-14,16-20,30H,7,12,15H2,1-4H3,(H,35,37). The van der Waals surface area contributed by atoms with Crippen LogP contribution in [-0.2, 0) is 4.74 Å². The van der Waals surface area contributed by atoms with E-state index < -0.39 is 5.60 Å². The van der Waals surface area contributed by atoms with Gasteiger partial charge < -0.3 is 14.6 Å². The highest BCUT2D eigenvalue weighted by molar-refractivity contribution is 5.95. The zero-order valence-corrected chi connectivity index (χ0v) is 23.3. The van der Waals surface area contributed by atoms with E-state index in [1.807, 2.05) is 75.5 Å². The van der Waals surface area contributed by atoms with E-state index in [0.717, 1.165) is 68.8 Å². The highest BCUT2D eigenvalue weighted by atomic mass is 16.6. The molecule has 1 aliphatic rings. The first-order valence-electron chi connectivity index (χ1n) is 13.7. The van der Waals surface area contributed by atoms with Gasteiger partial charge in [-0.05, 0) is 93.6 Å². The lowest BCUT2D eigenvalue weighted by Crippen LogP contribution is -2.36. The van der Waals surface area contributed by atoms with Crippen LogP contribution in [0, 0.1) is 6.92 Å². The zero-order chi connectivity index (χ0) is 27.9. The molecule has 5 aromatic rings. The van der Waals surface area contributed by atoms with Crippen molar-refractivity contribution < 1.29 is 9.53 Å². The summed E-state index contributed by atoms with van der Waals surface area (Å²) in [5, 5.41) is 1.03.